The summed E-state index contributed by atoms with van der Waals surface area (Å²) in [5.74, 6) is -4.61. The zero-order valence-corrected chi connectivity index (χ0v) is 8.14. The van der Waals surface area contributed by atoms with Crippen LogP contribution < -0.4 is 0 Å². The third kappa shape index (κ3) is 2.82. The molecule has 1 N–H and O–H groups in total. The lowest BCUT2D eigenvalue weighted by Gasteiger charge is -2.29. The number of carbonyl (C=O) groups is 1. The van der Waals surface area contributed by atoms with Crippen LogP contribution >= 0.6 is 0 Å². The van der Waals surface area contributed by atoms with Gasteiger partial charge in [-0.25, -0.2) is 13.9 Å². The summed E-state index contributed by atoms with van der Waals surface area (Å²) >= 11 is 0. The van der Waals surface area contributed by atoms with Crippen LogP contribution in [-0.2, 0) is 9.53 Å². The van der Waals surface area contributed by atoms with E-state index in [0.29, 0.717) is 0 Å². The maximum atomic E-state index is 13.8. The van der Waals surface area contributed by atoms with Crippen molar-refractivity contribution < 1.29 is 32.2 Å². The molecule has 1 atom stereocenters. The van der Waals surface area contributed by atoms with Gasteiger partial charge < -0.3 is 5.11 Å². The second kappa shape index (κ2) is 3.89. The van der Waals surface area contributed by atoms with Crippen molar-refractivity contribution in [1.82, 2.24) is 0 Å². The highest BCUT2D eigenvalue weighted by atomic mass is 19.4. The van der Waals surface area contributed by atoms with E-state index in [9.17, 15) is 22.4 Å². The minimum absolute atomic E-state index is 0.324. The summed E-state index contributed by atoms with van der Waals surface area (Å²) < 4.78 is 52.9. The molecule has 0 aliphatic heterocycles. The maximum absolute atomic E-state index is 13.8. The molecule has 0 spiro atoms. The Morgan fingerprint density at radius 1 is 1.50 bits per heavy atom. The van der Waals surface area contributed by atoms with E-state index >= 15 is 0 Å². The van der Waals surface area contributed by atoms with Crippen LogP contribution in [0.25, 0.3) is 0 Å². The van der Waals surface area contributed by atoms with Gasteiger partial charge in [-0.05, 0) is 12.5 Å². The molecule has 0 saturated carbocycles. The maximum Gasteiger partial charge on any atom is 0.525 e. The normalized spacial score (nSPS) is 26.1. The highest BCUT2D eigenvalue weighted by molar-refractivity contribution is 5.87. The Hall–Kier alpha value is -1.37. The predicted octanol–water partition coefficient (Wildman–Crippen LogP) is 2.55. The van der Waals surface area contributed by atoms with Crippen LogP contribution in [0.15, 0.2) is 23.3 Å². The van der Waals surface area contributed by atoms with Crippen molar-refractivity contribution in [1.29, 1.82) is 0 Å². The lowest BCUT2D eigenvalue weighted by Crippen LogP contribution is -2.37. The van der Waals surface area contributed by atoms with E-state index in [2.05, 4.69) is 4.74 Å². The molecule has 0 aromatic rings. The Bertz CT molecular complexity index is 369. The molecule has 1 aliphatic carbocycles. The van der Waals surface area contributed by atoms with E-state index in [-0.39, 0.29) is 5.57 Å². The second-order valence-corrected chi connectivity index (χ2v) is 3.30. The number of hydrogen-bond acceptors (Lipinski definition) is 2. The molecular weight excluding hydrogens is 232 g/mol. The average Bonchev–Trinajstić information content (AvgIpc) is 2.06. The monoisotopic (exact) mass is 240 g/mol. The fraction of sp³-hybridized carbons (Fsp3) is 0.444. The van der Waals surface area contributed by atoms with Gasteiger partial charge in [0, 0.05) is 12.0 Å². The minimum atomic E-state index is -5.16. The van der Waals surface area contributed by atoms with Crippen LogP contribution in [0.1, 0.15) is 13.3 Å². The van der Waals surface area contributed by atoms with Gasteiger partial charge in [-0.15, -0.1) is 13.2 Å². The van der Waals surface area contributed by atoms with E-state index in [4.69, 9.17) is 5.11 Å². The van der Waals surface area contributed by atoms with Crippen LogP contribution in [0.5, 0.6) is 0 Å². The highest BCUT2D eigenvalue weighted by Crippen LogP contribution is 2.39. The second-order valence-electron chi connectivity index (χ2n) is 3.30. The first kappa shape index (κ1) is 12.7. The van der Waals surface area contributed by atoms with Gasteiger partial charge in [0.05, 0.1) is 0 Å². The molecule has 90 valence electrons. The first-order valence-corrected chi connectivity index (χ1v) is 4.21. The highest BCUT2D eigenvalue weighted by Gasteiger charge is 2.47. The van der Waals surface area contributed by atoms with Crippen molar-refractivity contribution >= 4 is 5.97 Å². The minimum Gasteiger partial charge on any atom is -0.478 e. The number of alkyl halides is 4. The summed E-state index contributed by atoms with van der Waals surface area (Å²) in [4.78, 5) is 10.5. The molecule has 1 rings (SSSR count). The molecule has 7 heteroatoms. The summed E-state index contributed by atoms with van der Waals surface area (Å²) in [6.07, 6.45) is -4.12. The third-order valence-electron chi connectivity index (χ3n) is 2.09. The number of ether oxygens (including phenoxy) is 1. The molecule has 0 aromatic carbocycles. The summed E-state index contributed by atoms with van der Waals surface area (Å²) in [5.41, 5.74) is -0.799. The van der Waals surface area contributed by atoms with Crippen LogP contribution in [-0.4, -0.2) is 23.3 Å². The van der Waals surface area contributed by atoms with Gasteiger partial charge in [0.1, 0.15) is 0 Å². The van der Waals surface area contributed by atoms with Crippen molar-refractivity contribution in [2.24, 2.45) is 0 Å². The largest absolute Gasteiger partial charge is 0.525 e. The standard InChI is InChI=1S/C9H8F4O3/c1-5-2-3-6(7(14)15)4-8(5,10)16-9(11,12)13/h2-3H,4H2,1H3,(H,14,15). The molecule has 16 heavy (non-hydrogen) atoms. The quantitative estimate of drug-likeness (QED) is 0.754. The molecule has 3 nitrogen and oxygen atoms in total. The molecule has 0 heterocycles. The van der Waals surface area contributed by atoms with Gasteiger partial charge in [0.2, 0.25) is 5.85 Å². The van der Waals surface area contributed by atoms with Crippen molar-refractivity contribution in [3.63, 3.8) is 0 Å². The Balaban J connectivity index is 2.96. The number of allylic oxidation sites excluding steroid dienone is 2. The number of hydrogen-bond donors (Lipinski definition) is 1. The first-order chi connectivity index (χ1) is 7.14. The van der Waals surface area contributed by atoms with E-state index in [1.54, 1.807) is 0 Å². The summed E-state index contributed by atoms with van der Waals surface area (Å²) in [6, 6.07) is 0. The zero-order chi connectivity index (χ0) is 12.6. The summed E-state index contributed by atoms with van der Waals surface area (Å²) in [6.45, 7) is 1.10. The number of rotatable bonds is 2. The van der Waals surface area contributed by atoms with Gasteiger partial charge in [0.15, 0.2) is 0 Å². The lowest BCUT2D eigenvalue weighted by molar-refractivity contribution is -0.383. The number of aliphatic carboxylic acids is 1. The van der Waals surface area contributed by atoms with Crippen molar-refractivity contribution in [2.75, 3.05) is 0 Å². The average molecular weight is 240 g/mol. The third-order valence-corrected chi connectivity index (χ3v) is 2.09. The van der Waals surface area contributed by atoms with E-state index < -0.39 is 30.2 Å². The zero-order valence-electron chi connectivity index (χ0n) is 8.14. The van der Waals surface area contributed by atoms with Crippen molar-refractivity contribution in [3.05, 3.63) is 23.3 Å². The Kier molecular flexibility index (Phi) is 3.09. The Morgan fingerprint density at radius 2 is 2.06 bits per heavy atom. The molecule has 0 amide bonds. The number of halogens is 4. The van der Waals surface area contributed by atoms with Gasteiger partial charge in [-0.1, -0.05) is 12.2 Å². The summed E-state index contributed by atoms with van der Waals surface area (Å²) in [7, 11) is 0. The number of carboxylic acids is 1. The topological polar surface area (TPSA) is 46.5 Å². The fourth-order valence-electron chi connectivity index (χ4n) is 1.24. The molecule has 0 saturated heterocycles. The molecular formula is C9H8F4O3. The molecule has 0 fully saturated rings. The van der Waals surface area contributed by atoms with E-state index in [0.717, 1.165) is 19.1 Å². The summed E-state index contributed by atoms with van der Waals surface area (Å²) in [5, 5.41) is 8.55. The van der Waals surface area contributed by atoms with Crippen LogP contribution in [0.4, 0.5) is 17.6 Å². The van der Waals surface area contributed by atoms with Gasteiger partial charge >= 0.3 is 12.3 Å². The van der Waals surface area contributed by atoms with Gasteiger partial charge in [-0.3, -0.25) is 0 Å². The van der Waals surface area contributed by atoms with E-state index in [1.165, 1.54) is 0 Å². The molecule has 0 aromatic heterocycles. The van der Waals surface area contributed by atoms with Gasteiger partial charge in [0.25, 0.3) is 0 Å². The molecule has 0 radical (unpaired) electrons. The Labute approximate surface area is 88.0 Å². The van der Waals surface area contributed by atoms with Crippen LogP contribution in [0.3, 0.4) is 0 Å². The SMILES string of the molecule is CC1=CC=C(C(=O)O)CC1(F)OC(F)(F)F. The predicted molar refractivity (Wildman–Crippen MR) is 45.1 cm³/mol. The molecule has 0 bridgehead atoms. The van der Waals surface area contributed by atoms with Crippen LogP contribution in [0.2, 0.25) is 0 Å². The Morgan fingerprint density at radius 3 is 2.50 bits per heavy atom. The van der Waals surface area contributed by atoms with Crippen molar-refractivity contribution in [3.8, 4) is 0 Å². The molecule has 1 aliphatic rings. The van der Waals surface area contributed by atoms with Crippen LogP contribution in [0, 0.1) is 0 Å². The molecule has 1 unspecified atom stereocenters. The van der Waals surface area contributed by atoms with Crippen molar-refractivity contribution in [2.45, 2.75) is 25.6 Å². The fourth-order valence-corrected chi connectivity index (χ4v) is 1.24. The smallest absolute Gasteiger partial charge is 0.478 e. The van der Waals surface area contributed by atoms with Gasteiger partial charge in [-0.2, -0.15) is 0 Å². The number of carboxylic acid groups (broad SMARTS) is 1. The lowest BCUT2D eigenvalue weighted by atomic mass is 9.94. The first-order valence-electron chi connectivity index (χ1n) is 4.21. The van der Waals surface area contributed by atoms with E-state index in [1.807, 2.05) is 0 Å².